The van der Waals surface area contributed by atoms with Crippen LogP contribution in [0.15, 0.2) is 4.99 Å². The molecule has 2 aliphatic rings. The molecule has 0 spiro atoms. The molecule has 2 N–H and O–H groups in total. The van der Waals surface area contributed by atoms with Gasteiger partial charge in [-0.05, 0) is 32.2 Å². The average molecular weight is 334 g/mol. The summed E-state index contributed by atoms with van der Waals surface area (Å²) in [6.07, 6.45) is 3.76. The Bertz CT molecular complexity index is 378. The first-order valence-corrected chi connectivity index (χ1v) is 8.76. The van der Waals surface area contributed by atoms with E-state index >= 15 is 0 Å². The first-order valence-electron chi connectivity index (χ1n) is 8.76. The van der Waals surface area contributed by atoms with Crippen LogP contribution in [0, 0.1) is 0 Å². The molecule has 2 rings (SSSR count). The molecule has 0 amide bonds. The fourth-order valence-corrected chi connectivity index (χ4v) is 3.61. The predicted molar refractivity (Wildman–Crippen MR) is 86.6 cm³/mol. The zero-order valence-corrected chi connectivity index (χ0v) is 14.0. The zero-order chi connectivity index (χ0) is 16.7. The number of alkyl halides is 3. The highest BCUT2D eigenvalue weighted by Crippen LogP contribution is 2.25. The minimum absolute atomic E-state index is 0.137. The topological polar surface area (TPSA) is 39.7 Å². The second kappa shape index (κ2) is 8.76. The van der Waals surface area contributed by atoms with E-state index in [4.69, 9.17) is 0 Å². The first kappa shape index (κ1) is 18.4. The molecule has 1 saturated carbocycles. The van der Waals surface area contributed by atoms with E-state index in [0.29, 0.717) is 12.0 Å². The number of nitrogens with zero attached hydrogens (tertiary/aromatic N) is 2. The minimum Gasteiger partial charge on any atom is -0.356 e. The van der Waals surface area contributed by atoms with E-state index in [1.54, 1.807) is 7.05 Å². The highest BCUT2D eigenvalue weighted by molar-refractivity contribution is 5.79. The summed E-state index contributed by atoms with van der Waals surface area (Å²) in [7, 11) is 1.60. The van der Waals surface area contributed by atoms with Crippen molar-refractivity contribution in [2.24, 2.45) is 4.99 Å². The molecule has 134 valence electrons. The van der Waals surface area contributed by atoms with Crippen molar-refractivity contribution < 1.29 is 13.2 Å². The number of nitrogens with one attached hydrogen (secondary N) is 2. The lowest BCUT2D eigenvalue weighted by molar-refractivity contribution is -0.132. The number of halogens is 3. The Morgan fingerprint density at radius 3 is 2.52 bits per heavy atom. The van der Waals surface area contributed by atoms with Crippen molar-refractivity contribution in [2.75, 3.05) is 26.7 Å². The number of likely N-dealkylation sites (tertiary alicyclic amines) is 1. The molecule has 0 aromatic heterocycles. The van der Waals surface area contributed by atoms with E-state index < -0.39 is 12.6 Å². The predicted octanol–water partition coefficient (Wildman–Crippen LogP) is 2.90. The molecule has 0 bridgehead atoms. The molecule has 1 aliphatic heterocycles. The van der Waals surface area contributed by atoms with Gasteiger partial charge in [0.05, 0.1) is 6.42 Å². The standard InChI is InChI=1S/C16H29F3N4/c1-20-15(21-10-9-16(17,18)19)22-13-6-5-11-23(12-13)14-7-3-2-4-8-14/h13-14H,2-12H2,1H3,(H2,20,21,22). The Labute approximate surface area is 136 Å². The molecular weight excluding hydrogens is 305 g/mol. The van der Waals surface area contributed by atoms with Crippen LogP contribution >= 0.6 is 0 Å². The Kier molecular flexibility index (Phi) is 6.99. The van der Waals surface area contributed by atoms with Crippen molar-refractivity contribution in [3.63, 3.8) is 0 Å². The van der Waals surface area contributed by atoms with Crippen molar-refractivity contribution in [3.05, 3.63) is 0 Å². The molecular formula is C16H29F3N4. The normalized spacial score (nSPS) is 25.4. The van der Waals surface area contributed by atoms with Gasteiger partial charge in [-0.3, -0.25) is 9.89 Å². The summed E-state index contributed by atoms with van der Waals surface area (Å²) in [5, 5.41) is 6.06. The van der Waals surface area contributed by atoms with Gasteiger partial charge in [0, 0.05) is 32.2 Å². The van der Waals surface area contributed by atoms with Gasteiger partial charge in [0.25, 0.3) is 0 Å². The molecule has 4 nitrogen and oxygen atoms in total. The fourth-order valence-electron chi connectivity index (χ4n) is 3.61. The molecule has 1 aliphatic carbocycles. The third kappa shape index (κ3) is 6.57. The van der Waals surface area contributed by atoms with E-state index in [0.717, 1.165) is 25.9 Å². The zero-order valence-electron chi connectivity index (χ0n) is 14.0. The van der Waals surface area contributed by atoms with Crippen molar-refractivity contribution in [1.82, 2.24) is 15.5 Å². The minimum atomic E-state index is -4.13. The summed E-state index contributed by atoms with van der Waals surface area (Å²) >= 11 is 0. The Balaban J connectivity index is 1.76. The van der Waals surface area contributed by atoms with E-state index in [9.17, 15) is 13.2 Å². The third-order valence-corrected chi connectivity index (χ3v) is 4.81. The second-order valence-corrected chi connectivity index (χ2v) is 6.63. The Morgan fingerprint density at radius 1 is 1.13 bits per heavy atom. The van der Waals surface area contributed by atoms with Crippen LogP contribution in [0.3, 0.4) is 0 Å². The fraction of sp³-hybridized carbons (Fsp3) is 0.938. The maximum atomic E-state index is 12.2. The summed E-state index contributed by atoms with van der Waals surface area (Å²) in [6, 6.07) is 0.955. The summed E-state index contributed by atoms with van der Waals surface area (Å²) in [4.78, 5) is 6.61. The van der Waals surface area contributed by atoms with E-state index in [2.05, 4.69) is 20.5 Å². The molecule has 1 heterocycles. The van der Waals surface area contributed by atoms with Gasteiger partial charge in [-0.2, -0.15) is 13.2 Å². The van der Waals surface area contributed by atoms with Crippen LogP contribution in [0.5, 0.6) is 0 Å². The Hall–Kier alpha value is -0.980. The monoisotopic (exact) mass is 334 g/mol. The number of aliphatic imine (C=N–C) groups is 1. The molecule has 23 heavy (non-hydrogen) atoms. The van der Waals surface area contributed by atoms with E-state index in [1.165, 1.54) is 32.1 Å². The molecule has 2 fully saturated rings. The molecule has 0 aromatic rings. The van der Waals surface area contributed by atoms with Crippen LogP contribution in [0.4, 0.5) is 13.2 Å². The number of guanidine groups is 1. The molecule has 1 unspecified atom stereocenters. The van der Waals surface area contributed by atoms with Gasteiger partial charge in [0.15, 0.2) is 5.96 Å². The van der Waals surface area contributed by atoms with Crippen LogP contribution in [0.2, 0.25) is 0 Å². The first-order chi connectivity index (χ1) is 11.0. The van der Waals surface area contributed by atoms with Gasteiger partial charge < -0.3 is 10.6 Å². The van der Waals surface area contributed by atoms with Crippen molar-refractivity contribution >= 4 is 5.96 Å². The van der Waals surface area contributed by atoms with Crippen LogP contribution in [-0.4, -0.2) is 55.8 Å². The second-order valence-electron chi connectivity index (χ2n) is 6.63. The lowest BCUT2D eigenvalue weighted by Gasteiger charge is -2.40. The summed E-state index contributed by atoms with van der Waals surface area (Å²) in [5.74, 6) is 0.477. The maximum Gasteiger partial charge on any atom is 0.390 e. The quantitative estimate of drug-likeness (QED) is 0.613. The summed E-state index contributed by atoms with van der Waals surface area (Å²) < 4.78 is 36.7. The highest BCUT2D eigenvalue weighted by Gasteiger charge is 2.28. The van der Waals surface area contributed by atoms with Gasteiger partial charge in [-0.25, -0.2) is 0 Å². The van der Waals surface area contributed by atoms with Gasteiger partial charge >= 0.3 is 6.18 Å². The summed E-state index contributed by atoms with van der Waals surface area (Å²) in [5.41, 5.74) is 0. The largest absolute Gasteiger partial charge is 0.390 e. The Morgan fingerprint density at radius 2 is 1.87 bits per heavy atom. The maximum absolute atomic E-state index is 12.2. The number of rotatable bonds is 4. The highest BCUT2D eigenvalue weighted by atomic mass is 19.4. The number of piperidine rings is 1. The molecule has 1 saturated heterocycles. The van der Waals surface area contributed by atoms with Crippen LogP contribution in [0.1, 0.15) is 51.4 Å². The van der Waals surface area contributed by atoms with Crippen molar-refractivity contribution in [2.45, 2.75) is 69.6 Å². The van der Waals surface area contributed by atoms with E-state index in [1.807, 2.05) is 0 Å². The smallest absolute Gasteiger partial charge is 0.356 e. The SMILES string of the molecule is CN=C(NCCC(F)(F)F)NC1CCCN(C2CCCCC2)C1. The van der Waals surface area contributed by atoms with Gasteiger partial charge in [0.1, 0.15) is 0 Å². The number of hydrogen-bond acceptors (Lipinski definition) is 2. The van der Waals surface area contributed by atoms with Gasteiger partial charge in [-0.15, -0.1) is 0 Å². The van der Waals surface area contributed by atoms with Crippen LogP contribution in [0.25, 0.3) is 0 Å². The van der Waals surface area contributed by atoms with Gasteiger partial charge in [0.2, 0.25) is 0 Å². The van der Waals surface area contributed by atoms with Gasteiger partial charge in [-0.1, -0.05) is 19.3 Å². The molecule has 0 radical (unpaired) electrons. The average Bonchev–Trinajstić information content (AvgIpc) is 2.54. The lowest BCUT2D eigenvalue weighted by atomic mass is 9.92. The van der Waals surface area contributed by atoms with E-state index in [-0.39, 0.29) is 12.6 Å². The molecule has 1 atom stereocenters. The van der Waals surface area contributed by atoms with Crippen molar-refractivity contribution in [1.29, 1.82) is 0 Å². The molecule has 7 heteroatoms. The number of hydrogen-bond donors (Lipinski definition) is 2. The van der Waals surface area contributed by atoms with Crippen molar-refractivity contribution in [3.8, 4) is 0 Å². The summed E-state index contributed by atoms with van der Waals surface area (Å²) in [6.45, 7) is 1.97. The van der Waals surface area contributed by atoms with Crippen LogP contribution in [-0.2, 0) is 0 Å². The molecule has 0 aromatic carbocycles. The third-order valence-electron chi connectivity index (χ3n) is 4.81. The van der Waals surface area contributed by atoms with Crippen LogP contribution < -0.4 is 10.6 Å². The lowest BCUT2D eigenvalue weighted by Crippen LogP contribution is -2.53.